The lowest BCUT2D eigenvalue weighted by Gasteiger charge is -1.98. The summed E-state index contributed by atoms with van der Waals surface area (Å²) >= 11 is 0. The Balaban J connectivity index is 2.28. The molecule has 2 aromatic heterocycles. The normalized spacial score (nSPS) is 9.29. The Labute approximate surface area is 101 Å². The standard InChI is InChI=1S/C15H12N2/c1-3-9-17-12-7-15(8-13-17)14-5-10-16(4-2)11-6-14/h1-2,5-8,10-13H,9H2/q+2. The molecule has 0 atom stereocenters. The van der Waals surface area contributed by atoms with Crippen molar-refractivity contribution in [2.24, 2.45) is 0 Å². The maximum atomic E-state index is 5.28. The second-order valence-corrected chi connectivity index (χ2v) is 3.59. The Kier molecular flexibility index (Phi) is 3.19. The highest BCUT2D eigenvalue weighted by molar-refractivity contribution is 5.60. The van der Waals surface area contributed by atoms with E-state index in [4.69, 9.17) is 12.8 Å². The Bertz CT molecular complexity index is 581. The molecule has 2 aromatic rings. The highest BCUT2D eigenvalue weighted by atomic mass is 14.9. The molecule has 2 heteroatoms. The molecule has 2 nitrogen and oxygen atoms in total. The van der Waals surface area contributed by atoms with Gasteiger partial charge >= 0.3 is 0 Å². The van der Waals surface area contributed by atoms with Crippen LogP contribution in [-0.2, 0) is 6.54 Å². The Morgan fingerprint density at radius 1 is 0.882 bits per heavy atom. The van der Waals surface area contributed by atoms with Crippen molar-refractivity contribution in [2.75, 3.05) is 0 Å². The molecule has 0 amide bonds. The molecule has 17 heavy (non-hydrogen) atoms. The predicted molar refractivity (Wildman–Crippen MR) is 65.3 cm³/mol. The van der Waals surface area contributed by atoms with Gasteiger partial charge in [0.1, 0.15) is 0 Å². The second kappa shape index (κ2) is 4.96. The summed E-state index contributed by atoms with van der Waals surface area (Å²) in [5.41, 5.74) is 2.27. The molecule has 2 heterocycles. The first kappa shape index (κ1) is 10.9. The van der Waals surface area contributed by atoms with Crippen LogP contribution in [0.2, 0.25) is 0 Å². The van der Waals surface area contributed by atoms with E-state index in [9.17, 15) is 0 Å². The largest absolute Gasteiger partial charge is 0.225 e. The van der Waals surface area contributed by atoms with Crippen LogP contribution in [0.4, 0.5) is 0 Å². The van der Waals surface area contributed by atoms with E-state index >= 15 is 0 Å². The minimum atomic E-state index is 0.589. The van der Waals surface area contributed by atoms with Crippen LogP contribution in [0.15, 0.2) is 49.1 Å². The number of aromatic nitrogens is 2. The zero-order valence-corrected chi connectivity index (χ0v) is 9.38. The van der Waals surface area contributed by atoms with E-state index in [-0.39, 0.29) is 0 Å². The van der Waals surface area contributed by atoms with Crippen LogP contribution in [0, 0.1) is 24.8 Å². The molecule has 0 aliphatic rings. The van der Waals surface area contributed by atoms with Crippen molar-refractivity contribution in [3.8, 4) is 35.9 Å². The zero-order valence-electron chi connectivity index (χ0n) is 9.38. The minimum absolute atomic E-state index is 0.589. The predicted octanol–water partition coefficient (Wildman–Crippen LogP) is 1.00. The van der Waals surface area contributed by atoms with Crippen LogP contribution in [0.25, 0.3) is 11.1 Å². The summed E-state index contributed by atoms with van der Waals surface area (Å²) in [6.07, 6.45) is 18.2. The van der Waals surface area contributed by atoms with Gasteiger partial charge in [0.2, 0.25) is 12.6 Å². The van der Waals surface area contributed by atoms with Crippen molar-refractivity contribution < 1.29 is 9.13 Å². The molecule has 0 saturated heterocycles. The molecule has 0 unspecified atom stereocenters. The number of nitrogens with zero attached hydrogens (tertiary/aromatic N) is 2. The van der Waals surface area contributed by atoms with Crippen LogP contribution < -0.4 is 9.13 Å². The van der Waals surface area contributed by atoms with E-state index in [1.54, 1.807) is 4.57 Å². The highest BCUT2D eigenvalue weighted by Crippen LogP contribution is 2.15. The van der Waals surface area contributed by atoms with Gasteiger partial charge in [-0.25, -0.2) is 0 Å². The monoisotopic (exact) mass is 220 g/mol. The third-order valence-electron chi connectivity index (χ3n) is 2.48. The van der Waals surface area contributed by atoms with E-state index in [2.05, 4.69) is 12.0 Å². The van der Waals surface area contributed by atoms with E-state index < -0.39 is 0 Å². The molecule has 0 aromatic carbocycles. The van der Waals surface area contributed by atoms with Gasteiger partial charge in [-0.3, -0.25) is 0 Å². The number of hydrogen-bond acceptors (Lipinski definition) is 0. The topological polar surface area (TPSA) is 7.76 Å². The SMILES string of the molecule is C#CC[n+]1ccc(-c2cc[n+](C#C)cc2)cc1. The van der Waals surface area contributed by atoms with Gasteiger partial charge in [-0.15, -0.1) is 11.0 Å². The molecule has 80 valence electrons. The van der Waals surface area contributed by atoms with Crippen molar-refractivity contribution in [1.29, 1.82) is 0 Å². The molecule has 0 saturated carbocycles. The minimum Gasteiger partial charge on any atom is -0.194 e. The molecule has 0 bridgehead atoms. The number of rotatable bonds is 2. The van der Waals surface area contributed by atoms with Gasteiger partial charge in [0.15, 0.2) is 24.8 Å². The van der Waals surface area contributed by atoms with E-state index in [0.717, 1.165) is 11.1 Å². The van der Waals surface area contributed by atoms with Crippen LogP contribution in [0.5, 0.6) is 0 Å². The molecule has 0 spiro atoms. The summed E-state index contributed by atoms with van der Waals surface area (Å²) in [4.78, 5) is 0. The van der Waals surface area contributed by atoms with Crippen LogP contribution in [-0.4, -0.2) is 0 Å². The Hall–Kier alpha value is -2.58. The summed E-state index contributed by atoms with van der Waals surface area (Å²) in [5.74, 6) is 2.60. The molecule has 0 fully saturated rings. The molecule has 0 N–H and O–H groups in total. The first-order valence-electron chi connectivity index (χ1n) is 5.24. The average molecular weight is 220 g/mol. The first-order valence-corrected chi connectivity index (χ1v) is 5.24. The molecule has 0 aliphatic heterocycles. The van der Waals surface area contributed by atoms with Crippen LogP contribution >= 0.6 is 0 Å². The van der Waals surface area contributed by atoms with Gasteiger partial charge in [0, 0.05) is 24.3 Å². The first-order chi connectivity index (χ1) is 8.33. The second-order valence-electron chi connectivity index (χ2n) is 3.59. The molecule has 2 rings (SSSR count). The fraction of sp³-hybridized carbons (Fsp3) is 0.0667. The molecular formula is C15H12N2+2. The maximum Gasteiger partial charge on any atom is 0.225 e. The van der Waals surface area contributed by atoms with Gasteiger partial charge in [-0.05, 0) is 23.5 Å². The van der Waals surface area contributed by atoms with Gasteiger partial charge in [-0.1, -0.05) is 0 Å². The van der Waals surface area contributed by atoms with Crippen LogP contribution in [0.1, 0.15) is 0 Å². The molecule has 0 aliphatic carbocycles. The molecular weight excluding hydrogens is 208 g/mol. The smallest absolute Gasteiger partial charge is 0.194 e. The van der Waals surface area contributed by atoms with Crippen molar-refractivity contribution in [3.63, 3.8) is 0 Å². The van der Waals surface area contributed by atoms with E-state index in [1.807, 2.05) is 53.6 Å². The highest BCUT2D eigenvalue weighted by Gasteiger charge is 2.03. The lowest BCUT2D eigenvalue weighted by molar-refractivity contribution is -0.684. The lowest BCUT2D eigenvalue weighted by Crippen LogP contribution is -2.31. The summed E-state index contributed by atoms with van der Waals surface area (Å²) in [5, 5.41) is 0. The van der Waals surface area contributed by atoms with E-state index in [1.165, 1.54) is 0 Å². The van der Waals surface area contributed by atoms with Crippen molar-refractivity contribution in [3.05, 3.63) is 49.1 Å². The van der Waals surface area contributed by atoms with Crippen molar-refractivity contribution >= 4 is 0 Å². The lowest BCUT2D eigenvalue weighted by atomic mass is 10.1. The Morgan fingerprint density at radius 2 is 1.41 bits per heavy atom. The maximum absolute atomic E-state index is 5.28. The van der Waals surface area contributed by atoms with Gasteiger partial charge < -0.3 is 0 Å². The quantitative estimate of drug-likeness (QED) is 0.527. The molecule has 0 radical (unpaired) electrons. The number of pyridine rings is 2. The summed E-state index contributed by atoms with van der Waals surface area (Å²) in [7, 11) is 0. The summed E-state index contributed by atoms with van der Waals surface area (Å²) in [6.45, 7) is 0.589. The van der Waals surface area contributed by atoms with Crippen LogP contribution in [0.3, 0.4) is 0 Å². The number of hydrogen-bond donors (Lipinski definition) is 0. The van der Waals surface area contributed by atoms with E-state index in [0.29, 0.717) is 6.54 Å². The summed E-state index contributed by atoms with van der Waals surface area (Å²) in [6, 6.07) is 10.6. The van der Waals surface area contributed by atoms with Gasteiger partial charge in [0.25, 0.3) is 0 Å². The van der Waals surface area contributed by atoms with Crippen molar-refractivity contribution in [2.45, 2.75) is 6.54 Å². The Morgan fingerprint density at radius 3 is 1.88 bits per heavy atom. The third kappa shape index (κ3) is 2.51. The van der Waals surface area contributed by atoms with Gasteiger partial charge in [-0.2, -0.15) is 4.57 Å². The fourth-order valence-electron chi connectivity index (χ4n) is 1.57. The summed E-state index contributed by atoms with van der Waals surface area (Å²) < 4.78 is 3.62. The average Bonchev–Trinajstić information content (AvgIpc) is 2.40. The van der Waals surface area contributed by atoms with Gasteiger partial charge in [0.05, 0.1) is 0 Å². The van der Waals surface area contributed by atoms with Crippen molar-refractivity contribution in [1.82, 2.24) is 0 Å². The third-order valence-corrected chi connectivity index (χ3v) is 2.48. The fourth-order valence-corrected chi connectivity index (χ4v) is 1.57. The zero-order chi connectivity index (χ0) is 12.1. The number of terminal acetylenes is 2.